The Hall–Kier alpha value is -2.61. The summed E-state index contributed by atoms with van der Waals surface area (Å²) in [4.78, 5) is 3.21. The number of para-hydroxylation sites is 1. The normalized spacial score (nSPS) is 17.2. The van der Waals surface area contributed by atoms with Gasteiger partial charge in [-0.15, -0.1) is 10.2 Å². The number of aromatic amines is 1. The summed E-state index contributed by atoms with van der Waals surface area (Å²) >= 11 is 1.34. The second-order valence-corrected chi connectivity index (χ2v) is 8.47. The Labute approximate surface area is 178 Å². The fraction of sp³-hybridized carbons (Fsp3) is 0.304. The summed E-state index contributed by atoms with van der Waals surface area (Å²) in [5, 5.41) is 20.1. The summed E-state index contributed by atoms with van der Waals surface area (Å²) in [5.74, 6) is 0.906. The van der Waals surface area contributed by atoms with E-state index in [2.05, 4.69) is 33.4 Å². The predicted octanol–water partition coefficient (Wildman–Crippen LogP) is 4.77. The maximum Gasteiger partial charge on any atom is 0.276 e. The van der Waals surface area contributed by atoms with E-state index in [0.717, 1.165) is 35.7 Å². The van der Waals surface area contributed by atoms with Crippen LogP contribution in [0.2, 0.25) is 0 Å². The Bertz CT molecular complexity index is 1140. The molecule has 0 aliphatic heterocycles. The van der Waals surface area contributed by atoms with Gasteiger partial charge < -0.3 is 19.2 Å². The van der Waals surface area contributed by atoms with E-state index in [1.165, 1.54) is 22.9 Å². The van der Waals surface area contributed by atoms with E-state index < -0.39 is 6.10 Å². The molecule has 154 valence electrons. The van der Waals surface area contributed by atoms with Crippen LogP contribution in [0.5, 0.6) is 0 Å². The molecular weight excluding hydrogens is 398 g/mol. The van der Waals surface area contributed by atoms with Crippen molar-refractivity contribution >= 4 is 22.7 Å². The topological polar surface area (TPSA) is 84.2 Å². The third-order valence-electron chi connectivity index (χ3n) is 5.43. The number of hydrogen-bond donors (Lipinski definition) is 2. The van der Waals surface area contributed by atoms with Crippen molar-refractivity contribution in [1.29, 1.82) is 0 Å². The van der Waals surface area contributed by atoms with Crippen molar-refractivity contribution in [3.63, 3.8) is 0 Å². The van der Waals surface area contributed by atoms with Gasteiger partial charge in [0.25, 0.3) is 11.1 Å². The molecule has 0 unspecified atom stereocenters. The summed E-state index contributed by atoms with van der Waals surface area (Å²) < 4.78 is 11.8. The summed E-state index contributed by atoms with van der Waals surface area (Å²) in [5.41, 5.74) is 4.51. The number of aryl methyl sites for hydroxylation is 1. The molecule has 6 nitrogen and oxygen atoms in total. The maximum absolute atomic E-state index is 10.4. The number of hydrogen-bond acceptors (Lipinski definition) is 6. The van der Waals surface area contributed by atoms with Crippen LogP contribution in [-0.2, 0) is 11.2 Å². The molecule has 1 aliphatic carbocycles. The number of nitrogens with one attached hydrogen (secondary N) is 1. The second-order valence-electron chi connectivity index (χ2n) is 7.50. The Balaban J connectivity index is 1.16. The van der Waals surface area contributed by atoms with Crippen LogP contribution < -0.4 is 0 Å². The second kappa shape index (κ2) is 8.63. The minimum atomic E-state index is -0.604. The maximum atomic E-state index is 10.4. The molecule has 7 heteroatoms. The van der Waals surface area contributed by atoms with Crippen molar-refractivity contribution in [3.05, 3.63) is 65.9 Å². The molecule has 2 aromatic heterocycles. The zero-order chi connectivity index (χ0) is 20.3. The summed E-state index contributed by atoms with van der Waals surface area (Å²) in [6.07, 6.45) is 4.54. The minimum absolute atomic E-state index is 0.0616. The van der Waals surface area contributed by atoms with Gasteiger partial charge in [0.05, 0.1) is 24.4 Å². The lowest BCUT2D eigenvalue weighted by Gasteiger charge is -2.26. The smallest absolute Gasteiger partial charge is 0.276 e. The molecule has 4 aromatic rings. The minimum Gasteiger partial charge on any atom is -0.411 e. The zero-order valence-electron chi connectivity index (χ0n) is 16.5. The van der Waals surface area contributed by atoms with Crippen molar-refractivity contribution in [2.45, 2.75) is 36.7 Å². The van der Waals surface area contributed by atoms with E-state index in [0.29, 0.717) is 16.9 Å². The van der Waals surface area contributed by atoms with Gasteiger partial charge in [-0.05, 0) is 36.5 Å². The number of rotatable bonds is 7. The van der Waals surface area contributed by atoms with Crippen molar-refractivity contribution in [3.8, 4) is 11.5 Å². The fourth-order valence-electron chi connectivity index (χ4n) is 3.95. The number of fused-ring (bicyclic) bond motifs is 2. The Morgan fingerprint density at radius 1 is 1.17 bits per heavy atom. The number of benzene rings is 2. The van der Waals surface area contributed by atoms with Crippen molar-refractivity contribution in [2.75, 3.05) is 12.4 Å². The van der Waals surface area contributed by atoms with Gasteiger partial charge in [0.15, 0.2) is 0 Å². The molecule has 2 aromatic carbocycles. The average Bonchev–Trinajstić information content (AvgIpc) is 3.43. The Morgan fingerprint density at radius 3 is 3.00 bits per heavy atom. The van der Waals surface area contributed by atoms with E-state index in [4.69, 9.17) is 9.15 Å². The highest BCUT2D eigenvalue weighted by atomic mass is 32.2. The first kappa shape index (κ1) is 19.4. The van der Waals surface area contributed by atoms with Crippen molar-refractivity contribution < 1.29 is 14.3 Å². The summed E-state index contributed by atoms with van der Waals surface area (Å²) in [7, 11) is 0. The lowest BCUT2D eigenvalue weighted by molar-refractivity contribution is -0.00963. The first-order chi connectivity index (χ1) is 14.8. The highest BCUT2D eigenvalue weighted by Crippen LogP contribution is 2.33. The molecule has 0 radical (unpaired) electrons. The van der Waals surface area contributed by atoms with Crippen LogP contribution in [0.1, 0.15) is 30.1 Å². The van der Waals surface area contributed by atoms with E-state index in [9.17, 15) is 5.11 Å². The van der Waals surface area contributed by atoms with Crippen LogP contribution >= 0.6 is 11.8 Å². The first-order valence-corrected chi connectivity index (χ1v) is 11.2. The van der Waals surface area contributed by atoms with Gasteiger partial charge in [-0.25, -0.2) is 0 Å². The molecule has 0 amide bonds. The quantitative estimate of drug-likeness (QED) is 0.418. The molecule has 2 atom stereocenters. The van der Waals surface area contributed by atoms with Crippen LogP contribution in [0, 0.1) is 0 Å². The fourth-order valence-corrected chi connectivity index (χ4v) is 4.62. The van der Waals surface area contributed by atoms with Gasteiger partial charge in [0.1, 0.15) is 0 Å². The number of nitrogens with zero attached hydrogens (tertiary/aromatic N) is 2. The van der Waals surface area contributed by atoms with E-state index >= 15 is 0 Å². The predicted molar refractivity (Wildman–Crippen MR) is 116 cm³/mol. The zero-order valence-corrected chi connectivity index (χ0v) is 17.3. The van der Waals surface area contributed by atoms with Gasteiger partial charge in [0, 0.05) is 22.9 Å². The molecule has 0 fully saturated rings. The molecule has 1 aliphatic rings. The summed E-state index contributed by atoms with van der Waals surface area (Å²) in [6.45, 7) is 0.287. The van der Waals surface area contributed by atoms with Crippen molar-refractivity contribution in [2.24, 2.45) is 0 Å². The van der Waals surface area contributed by atoms with E-state index in [1.54, 1.807) is 0 Å². The van der Waals surface area contributed by atoms with Gasteiger partial charge >= 0.3 is 0 Å². The highest BCUT2D eigenvalue weighted by Gasteiger charge is 2.21. The summed E-state index contributed by atoms with van der Waals surface area (Å²) in [6, 6.07) is 16.4. The molecular formula is C23H23N3O3S. The first-order valence-electron chi connectivity index (χ1n) is 10.2. The van der Waals surface area contributed by atoms with Gasteiger partial charge in [-0.1, -0.05) is 54.2 Å². The van der Waals surface area contributed by atoms with Crippen molar-refractivity contribution in [1.82, 2.24) is 15.2 Å². The molecule has 2 heterocycles. The molecule has 2 N–H and O–H groups in total. The molecule has 30 heavy (non-hydrogen) atoms. The van der Waals surface area contributed by atoms with Gasteiger partial charge in [0.2, 0.25) is 0 Å². The van der Waals surface area contributed by atoms with Gasteiger partial charge in [-0.2, -0.15) is 0 Å². The van der Waals surface area contributed by atoms with Crippen LogP contribution in [0.15, 0.2) is 64.4 Å². The van der Waals surface area contributed by atoms with E-state index in [1.807, 2.05) is 36.5 Å². The molecule has 0 saturated heterocycles. The number of aliphatic hydroxyl groups excluding tert-OH is 1. The largest absolute Gasteiger partial charge is 0.411 e. The van der Waals surface area contributed by atoms with Crippen LogP contribution in [0.3, 0.4) is 0 Å². The highest BCUT2D eigenvalue weighted by molar-refractivity contribution is 7.99. The van der Waals surface area contributed by atoms with Gasteiger partial charge in [-0.3, -0.25) is 0 Å². The Morgan fingerprint density at radius 2 is 2.03 bits per heavy atom. The van der Waals surface area contributed by atoms with E-state index in [-0.39, 0.29) is 12.7 Å². The monoisotopic (exact) mass is 421 g/mol. The molecule has 0 saturated carbocycles. The van der Waals surface area contributed by atoms with Crippen LogP contribution in [0.25, 0.3) is 22.4 Å². The van der Waals surface area contributed by atoms with Crippen LogP contribution in [-0.4, -0.2) is 38.8 Å². The number of thioether (sulfide) groups is 1. The molecule has 5 rings (SSSR count). The standard InChI is InChI=1S/C23H23N3O3S/c27-16(13-28-21-11-5-7-15-6-1-2-8-17(15)21)14-30-23-26-25-22(29-23)19-12-24-20-10-4-3-9-18(19)20/h1-4,6,8-10,12,16,21,24,27H,5,7,11,13-14H2/t16-,21+/m1/s1. The third kappa shape index (κ3) is 4.01. The SMILES string of the molecule is O[C@H](CO[C@H]1CCCc2ccccc21)CSc1nnc(-c2c[nH]c3ccccc23)o1. The molecule has 0 bridgehead atoms. The molecule has 0 spiro atoms. The number of aromatic nitrogens is 3. The average molecular weight is 422 g/mol. The number of H-pyrrole nitrogens is 1. The lowest BCUT2D eigenvalue weighted by Crippen LogP contribution is -2.22. The number of aliphatic hydroxyl groups is 1. The number of ether oxygens (including phenoxy) is 1. The lowest BCUT2D eigenvalue weighted by atomic mass is 9.89. The third-order valence-corrected chi connectivity index (χ3v) is 6.39. The Kier molecular flexibility index (Phi) is 5.57. The van der Waals surface area contributed by atoms with Crippen LogP contribution in [0.4, 0.5) is 0 Å².